The second-order valence-electron chi connectivity index (χ2n) is 8.44. The zero-order valence-electron chi connectivity index (χ0n) is 19.3. The summed E-state index contributed by atoms with van der Waals surface area (Å²) in [6.45, 7) is 7.06. The van der Waals surface area contributed by atoms with Crippen LogP contribution in [0.3, 0.4) is 0 Å². The molecule has 33 heavy (non-hydrogen) atoms. The van der Waals surface area contributed by atoms with Gasteiger partial charge in [0.1, 0.15) is 18.1 Å². The molecule has 0 N–H and O–H groups in total. The molecule has 1 aromatic heterocycles. The Hall–Kier alpha value is -2.84. The van der Waals surface area contributed by atoms with Crippen LogP contribution in [0, 0.1) is 26.7 Å². The van der Waals surface area contributed by atoms with Gasteiger partial charge in [0.15, 0.2) is 0 Å². The van der Waals surface area contributed by atoms with Crippen molar-refractivity contribution in [3.8, 4) is 5.75 Å². The molecule has 6 nitrogen and oxygen atoms in total. The number of esters is 1. The molecule has 0 spiro atoms. The van der Waals surface area contributed by atoms with Crippen LogP contribution in [0.4, 0.5) is 13.2 Å². The average molecular weight is 467 g/mol. The molecule has 0 aliphatic heterocycles. The number of oxime groups is 1. The van der Waals surface area contributed by atoms with Crippen LogP contribution in [0.5, 0.6) is 5.75 Å². The first-order valence-corrected chi connectivity index (χ1v) is 11.0. The number of alkyl halides is 3. The van der Waals surface area contributed by atoms with E-state index in [1.807, 2.05) is 20.8 Å². The number of ether oxygens (including phenoxy) is 2. The Bertz CT molecular complexity index is 986. The van der Waals surface area contributed by atoms with Gasteiger partial charge in [-0.2, -0.15) is 0 Å². The zero-order valence-corrected chi connectivity index (χ0v) is 19.3. The highest BCUT2D eigenvalue weighted by Crippen LogP contribution is 2.36. The molecule has 1 aromatic rings. The molecule has 0 amide bonds. The normalized spacial score (nSPS) is 18.9. The van der Waals surface area contributed by atoms with Crippen molar-refractivity contribution in [3.05, 3.63) is 46.0 Å². The highest BCUT2D eigenvalue weighted by molar-refractivity contribution is 5.84. The Morgan fingerprint density at radius 1 is 1.09 bits per heavy atom. The first-order valence-electron chi connectivity index (χ1n) is 11.0. The Labute approximate surface area is 191 Å². The number of allylic oxidation sites excluding steroid dienone is 4. The minimum absolute atomic E-state index is 0.0399. The minimum atomic E-state index is -4.64. The molecule has 0 aromatic carbocycles. The van der Waals surface area contributed by atoms with Gasteiger partial charge in [0, 0.05) is 30.3 Å². The molecule has 1 saturated carbocycles. The molecular formula is C24H29F3N2O4. The van der Waals surface area contributed by atoms with Crippen LogP contribution in [0.25, 0.3) is 0 Å². The number of carbonyl (C=O) groups excluding carboxylic acids is 1. The van der Waals surface area contributed by atoms with Gasteiger partial charge in [0.2, 0.25) is 0 Å². The second-order valence-corrected chi connectivity index (χ2v) is 8.44. The van der Waals surface area contributed by atoms with E-state index in [1.54, 1.807) is 6.08 Å². The Kier molecular flexibility index (Phi) is 7.81. The molecule has 0 atom stereocenters. The Morgan fingerprint density at radius 2 is 1.79 bits per heavy atom. The molecule has 3 rings (SSSR count). The maximum atomic E-state index is 12.3. The summed E-state index contributed by atoms with van der Waals surface area (Å²) in [7, 11) is 0. The van der Waals surface area contributed by atoms with E-state index >= 15 is 0 Å². The van der Waals surface area contributed by atoms with Crippen LogP contribution < -0.4 is 4.74 Å². The molecule has 0 radical (unpaired) electrons. The smallest absolute Gasteiger partial charge is 0.426 e. The van der Waals surface area contributed by atoms with Crippen LogP contribution in [-0.2, 0) is 21.0 Å². The third-order valence-electron chi connectivity index (χ3n) is 6.06. The first-order chi connectivity index (χ1) is 15.5. The standard InChI is InChI=1S/C24H29F3N2O4/c1-14-15(2)28-16(3)22(23(14)32-17(4)30)13-31-29-20-9-5-18(6-10-20)19-7-11-21(12-8-19)33-24(25,26)27/h7,11,18H,5-6,8-10,12-13H2,1-4H3. The fraction of sp³-hybridized carbons (Fsp3) is 0.542. The lowest BCUT2D eigenvalue weighted by Gasteiger charge is -2.27. The highest BCUT2D eigenvalue weighted by atomic mass is 19.4. The number of nitrogens with zero attached hydrogens (tertiary/aromatic N) is 2. The van der Waals surface area contributed by atoms with Crippen LogP contribution in [-0.4, -0.2) is 23.0 Å². The van der Waals surface area contributed by atoms with E-state index in [2.05, 4.69) is 14.9 Å². The van der Waals surface area contributed by atoms with Gasteiger partial charge in [-0.05, 0) is 64.9 Å². The van der Waals surface area contributed by atoms with Gasteiger partial charge in [-0.1, -0.05) is 16.8 Å². The molecule has 0 bridgehead atoms. The van der Waals surface area contributed by atoms with Crippen LogP contribution >= 0.6 is 0 Å². The van der Waals surface area contributed by atoms with Crippen molar-refractivity contribution in [3.63, 3.8) is 0 Å². The number of hydrogen-bond donors (Lipinski definition) is 0. The summed E-state index contributed by atoms with van der Waals surface area (Å²) in [6, 6.07) is 0. The van der Waals surface area contributed by atoms with Gasteiger partial charge in [-0.25, -0.2) is 0 Å². The fourth-order valence-electron chi connectivity index (χ4n) is 4.22. The molecule has 180 valence electrons. The number of aryl methyl sites for hydroxylation is 2. The summed E-state index contributed by atoms with van der Waals surface area (Å²) in [6.07, 6.45) is 2.67. The summed E-state index contributed by atoms with van der Waals surface area (Å²) in [5.41, 5.74) is 5.11. The average Bonchev–Trinajstić information content (AvgIpc) is 2.73. The van der Waals surface area contributed by atoms with Gasteiger partial charge in [-0.15, -0.1) is 13.2 Å². The van der Waals surface area contributed by atoms with Crippen molar-refractivity contribution < 1.29 is 32.3 Å². The van der Waals surface area contributed by atoms with E-state index in [4.69, 9.17) is 9.57 Å². The fourth-order valence-corrected chi connectivity index (χ4v) is 4.22. The van der Waals surface area contributed by atoms with Crippen LogP contribution in [0.1, 0.15) is 68.0 Å². The SMILES string of the molecule is CC(=O)Oc1c(C)c(C)nc(C)c1CON=C1CCC(C2=CC=C(OC(F)(F)F)CC2)CC1. The lowest BCUT2D eigenvalue weighted by molar-refractivity contribution is -0.306. The van der Waals surface area contributed by atoms with Gasteiger partial charge >= 0.3 is 12.3 Å². The predicted molar refractivity (Wildman–Crippen MR) is 116 cm³/mol. The number of aromatic nitrogens is 1. The number of rotatable bonds is 6. The van der Waals surface area contributed by atoms with E-state index in [9.17, 15) is 18.0 Å². The van der Waals surface area contributed by atoms with Gasteiger partial charge in [0.25, 0.3) is 0 Å². The third-order valence-corrected chi connectivity index (χ3v) is 6.06. The molecule has 0 saturated heterocycles. The van der Waals surface area contributed by atoms with E-state index in [-0.39, 0.29) is 18.8 Å². The van der Waals surface area contributed by atoms with E-state index in [0.717, 1.165) is 53.9 Å². The third kappa shape index (κ3) is 6.82. The first kappa shape index (κ1) is 24.8. The van der Waals surface area contributed by atoms with Crippen molar-refractivity contribution in [2.24, 2.45) is 11.1 Å². The Morgan fingerprint density at radius 3 is 2.36 bits per heavy atom. The van der Waals surface area contributed by atoms with Crippen LogP contribution in [0.2, 0.25) is 0 Å². The zero-order chi connectivity index (χ0) is 24.2. The molecule has 2 aliphatic carbocycles. The molecule has 9 heteroatoms. The summed E-state index contributed by atoms with van der Waals surface area (Å²) < 4.78 is 46.5. The Balaban J connectivity index is 1.57. The lowest BCUT2D eigenvalue weighted by Crippen LogP contribution is -2.19. The van der Waals surface area contributed by atoms with E-state index in [1.165, 1.54) is 13.0 Å². The van der Waals surface area contributed by atoms with Crippen molar-refractivity contribution >= 4 is 11.7 Å². The topological polar surface area (TPSA) is 70.0 Å². The minimum Gasteiger partial charge on any atom is -0.426 e. The molecule has 2 aliphatic rings. The number of halogens is 3. The number of carbonyl (C=O) groups is 1. The largest absolute Gasteiger partial charge is 0.572 e. The predicted octanol–water partition coefficient (Wildman–Crippen LogP) is 6.14. The monoisotopic (exact) mass is 466 g/mol. The van der Waals surface area contributed by atoms with E-state index in [0.29, 0.717) is 23.7 Å². The maximum absolute atomic E-state index is 12.3. The van der Waals surface area contributed by atoms with E-state index < -0.39 is 12.3 Å². The summed E-state index contributed by atoms with van der Waals surface area (Å²) in [5, 5.41) is 4.30. The quantitative estimate of drug-likeness (QED) is 0.372. The summed E-state index contributed by atoms with van der Waals surface area (Å²) in [5.74, 6) is 0.358. The second kappa shape index (κ2) is 10.4. The number of hydrogen-bond acceptors (Lipinski definition) is 6. The lowest BCUT2D eigenvalue weighted by atomic mass is 9.80. The highest BCUT2D eigenvalue weighted by Gasteiger charge is 2.33. The van der Waals surface area contributed by atoms with Gasteiger partial charge < -0.3 is 14.3 Å². The summed E-state index contributed by atoms with van der Waals surface area (Å²) in [4.78, 5) is 21.6. The van der Waals surface area contributed by atoms with Gasteiger partial charge in [0.05, 0.1) is 11.3 Å². The van der Waals surface area contributed by atoms with Crippen molar-refractivity contribution in [2.75, 3.05) is 0 Å². The maximum Gasteiger partial charge on any atom is 0.572 e. The number of pyridine rings is 1. The van der Waals surface area contributed by atoms with Crippen molar-refractivity contribution in [1.29, 1.82) is 0 Å². The van der Waals surface area contributed by atoms with Gasteiger partial charge in [-0.3, -0.25) is 9.78 Å². The molecule has 1 heterocycles. The van der Waals surface area contributed by atoms with Crippen molar-refractivity contribution in [1.82, 2.24) is 4.98 Å². The molecule has 1 fully saturated rings. The molecular weight excluding hydrogens is 437 g/mol. The van der Waals surface area contributed by atoms with Crippen LogP contribution in [0.15, 0.2) is 28.6 Å². The molecule has 0 unspecified atom stereocenters. The summed E-state index contributed by atoms with van der Waals surface area (Å²) >= 11 is 0. The van der Waals surface area contributed by atoms with Crippen molar-refractivity contribution in [2.45, 2.75) is 79.2 Å².